The largest absolute Gasteiger partial charge is 0.347 e. The van der Waals surface area contributed by atoms with Crippen LogP contribution >= 0.6 is 24.4 Å². The highest BCUT2D eigenvalue weighted by Gasteiger charge is 1.84. The molecule has 44 valence electrons. The van der Waals surface area contributed by atoms with Crippen molar-refractivity contribution in [2.24, 2.45) is 0 Å². The molecule has 8 heavy (non-hydrogen) atoms. The van der Waals surface area contributed by atoms with Gasteiger partial charge in [-0.2, -0.15) is 0 Å². The van der Waals surface area contributed by atoms with Crippen LogP contribution in [0, 0.1) is 0 Å². The molecule has 0 aromatic carbocycles. The van der Waals surface area contributed by atoms with E-state index in [0.717, 1.165) is 4.99 Å². The minimum Gasteiger partial charge on any atom is -0.347 e. The van der Waals surface area contributed by atoms with Gasteiger partial charge in [0.15, 0.2) is 0 Å². The van der Waals surface area contributed by atoms with Gasteiger partial charge in [0.1, 0.15) is 0 Å². The van der Waals surface area contributed by atoms with Crippen molar-refractivity contribution in [1.29, 1.82) is 0 Å². The maximum Gasteiger partial charge on any atom is 0.0837 e. The van der Waals surface area contributed by atoms with Crippen LogP contribution < -0.4 is 5.32 Å². The van der Waals surface area contributed by atoms with E-state index in [-0.39, 0.29) is 0 Å². The highest BCUT2D eigenvalue weighted by atomic mass is 32.1. The standard InChI is InChI=1S/C5H7NS2/c1-2-3-5(8)6-4-7/h2,4H,1,3H2,(H,6,7,8). The third-order valence-electron chi connectivity index (χ3n) is 0.550. The lowest BCUT2D eigenvalue weighted by Crippen LogP contribution is -2.16. The summed E-state index contributed by atoms with van der Waals surface area (Å²) in [5.74, 6) is 0. The molecule has 0 amide bonds. The second kappa shape index (κ2) is 4.87. The Morgan fingerprint density at radius 2 is 2.38 bits per heavy atom. The Morgan fingerprint density at radius 1 is 1.75 bits per heavy atom. The highest BCUT2D eigenvalue weighted by Crippen LogP contribution is 1.80. The lowest BCUT2D eigenvalue weighted by atomic mass is 10.4. The molecule has 0 aromatic heterocycles. The fourth-order valence-electron chi connectivity index (χ4n) is 0.256. The van der Waals surface area contributed by atoms with Crippen LogP contribution in [0.5, 0.6) is 0 Å². The zero-order valence-corrected chi connectivity index (χ0v) is 6.02. The van der Waals surface area contributed by atoms with Gasteiger partial charge in [-0.1, -0.05) is 30.5 Å². The molecule has 0 aliphatic heterocycles. The van der Waals surface area contributed by atoms with Gasteiger partial charge in [0, 0.05) is 6.42 Å². The monoisotopic (exact) mass is 145 g/mol. The van der Waals surface area contributed by atoms with E-state index in [4.69, 9.17) is 12.2 Å². The average molecular weight is 145 g/mol. The first-order valence-corrected chi connectivity index (χ1v) is 3.03. The van der Waals surface area contributed by atoms with E-state index in [1.165, 1.54) is 5.49 Å². The van der Waals surface area contributed by atoms with Crippen LogP contribution in [0.15, 0.2) is 12.7 Å². The molecule has 0 aliphatic carbocycles. The van der Waals surface area contributed by atoms with E-state index >= 15 is 0 Å². The van der Waals surface area contributed by atoms with Crippen molar-refractivity contribution < 1.29 is 0 Å². The Labute approximate surface area is 59.8 Å². The Hall–Kier alpha value is -0.280. The molecule has 3 heteroatoms. The van der Waals surface area contributed by atoms with Gasteiger partial charge in [0.2, 0.25) is 0 Å². The molecule has 0 fully saturated rings. The van der Waals surface area contributed by atoms with Crippen LogP contribution in [-0.4, -0.2) is 10.5 Å². The average Bonchev–Trinajstić information content (AvgIpc) is 1.68. The second-order valence-electron chi connectivity index (χ2n) is 1.18. The number of hydrogen-bond donors (Lipinski definition) is 1. The quantitative estimate of drug-likeness (QED) is 0.476. The molecule has 0 saturated carbocycles. The summed E-state index contributed by atoms with van der Waals surface area (Å²) in [6.07, 6.45) is 2.43. The van der Waals surface area contributed by atoms with Crippen molar-refractivity contribution in [2.45, 2.75) is 6.42 Å². The van der Waals surface area contributed by atoms with Gasteiger partial charge in [0.05, 0.1) is 10.5 Å². The summed E-state index contributed by atoms with van der Waals surface area (Å²) < 4.78 is 0. The van der Waals surface area contributed by atoms with Gasteiger partial charge in [0.25, 0.3) is 0 Å². The Kier molecular flexibility index (Phi) is 4.70. The lowest BCUT2D eigenvalue weighted by Gasteiger charge is -1.93. The van der Waals surface area contributed by atoms with Crippen LogP contribution in [0.25, 0.3) is 0 Å². The first-order chi connectivity index (χ1) is 3.81. The van der Waals surface area contributed by atoms with Crippen LogP contribution in [0.1, 0.15) is 6.42 Å². The fourth-order valence-corrected chi connectivity index (χ4v) is 0.649. The van der Waals surface area contributed by atoms with Crippen molar-refractivity contribution >= 4 is 34.9 Å². The van der Waals surface area contributed by atoms with E-state index in [0.29, 0.717) is 6.42 Å². The molecule has 0 radical (unpaired) electrons. The predicted molar refractivity (Wildman–Crippen MR) is 44.2 cm³/mol. The van der Waals surface area contributed by atoms with Gasteiger partial charge < -0.3 is 5.32 Å². The summed E-state index contributed by atoms with van der Waals surface area (Å²) in [4.78, 5) is 0.718. The Balaban J connectivity index is 3.32. The first-order valence-electron chi connectivity index (χ1n) is 2.15. The molecular formula is C5H7NS2. The lowest BCUT2D eigenvalue weighted by molar-refractivity contribution is 1.37. The van der Waals surface area contributed by atoms with E-state index in [1.807, 2.05) is 0 Å². The highest BCUT2D eigenvalue weighted by molar-refractivity contribution is 7.81. The van der Waals surface area contributed by atoms with Gasteiger partial charge in [-0.25, -0.2) is 0 Å². The van der Waals surface area contributed by atoms with Crippen LogP contribution in [0.2, 0.25) is 0 Å². The minimum absolute atomic E-state index is 0.697. The number of thiocarbonyl (C=S) groups is 2. The summed E-state index contributed by atoms with van der Waals surface area (Å²) in [5, 5.41) is 2.70. The third kappa shape index (κ3) is 3.89. The summed E-state index contributed by atoms with van der Waals surface area (Å²) in [6.45, 7) is 3.51. The molecule has 0 aliphatic rings. The maximum atomic E-state index is 4.77. The van der Waals surface area contributed by atoms with E-state index < -0.39 is 0 Å². The molecule has 1 N–H and O–H groups in total. The summed E-state index contributed by atoms with van der Waals surface area (Å²) in [6, 6.07) is 0. The SMILES string of the molecule is C=CCC(=S)NC=S. The van der Waals surface area contributed by atoms with E-state index in [1.54, 1.807) is 6.08 Å². The molecule has 0 spiro atoms. The molecule has 0 rings (SSSR count). The summed E-state index contributed by atoms with van der Waals surface area (Å²) in [7, 11) is 0. The van der Waals surface area contributed by atoms with Gasteiger partial charge in [-0.3, -0.25) is 0 Å². The normalized spacial score (nSPS) is 7.50. The molecule has 1 nitrogen and oxygen atoms in total. The molecule has 0 atom stereocenters. The Bertz CT molecular complexity index is 97.0. The smallest absolute Gasteiger partial charge is 0.0837 e. The van der Waals surface area contributed by atoms with Crippen molar-refractivity contribution in [3.05, 3.63) is 12.7 Å². The van der Waals surface area contributed by atoms with Crippen LogP contribution in [0.3, 0.4) is 0 Å². The van der Waals surface area contributed by atoms with Gasteiger partial charge in [-0.15, -0.1) is 6.58 Å². The predicted octanol–water partition coefficient (Wildman–Crippen LogP) is 1.44. The Morgan fingerprint density at radius 3 is 2.75 bits per heavy atom. The zero-order chi connectivity index (χ0) is 6.41. The number of hydrogen-bond acceptors (Lipinski definition) is 2. The topological polar surface area (TPSA) is 12.0 Å². The molecule has 0 bridgehead atoms. The van der Waals surface area contributed by atoms with Crippen molar-refractivity contribution in [1.82, 2.24) is 5.32 Å². The van der Waals surface area contributed by atoms with Crippen molar-refractivity contribution in [2.75, 3.05) is 0 Å². The molecular weight excluding hydrogens is 138 g/mol. The van der Waals surface area contributed by atoms with Crippen molar-refractivity contribution in [3.8, 4) is 0 Å². The molecule has 0 heterocycles. The maximum absolute atomic E-state index is 4.77. The molecule has 0 aromatic rings. The molecule has 0 saturated heterocycles. The summed E-state index contributed by atoms with van der Waals surface area (Å²) >= 11 is 9.26. The fraction of sp³-hybridized carbons (Fsp3) is 0.200. The van der Waals surface area contributed by atoms with Gasteiger partial charge in [-0.05, 0) is 0 Å². The van der Waals surface area contributed by atoms with E-state index in [2.05, 4.69) is 24.1 Å². The van der Waals surface area contributed by atoms with Crippen LogP contribution in [0.4, 0.5) is 0 Å². The molecule has 0 unspecified atom stereocenters. The second-order valence-corrected chi connectivity index (χ2v) is 1.91. The number of nitrogens with one attached hydrogen (secondary N) is 1. The zero-order valence-electron chi connectivity index (χ0n) is 4.39. The minimum atomic E-state index is 0.697. The van der Waals surface area contributed by atoms with E-state index in [9.17, 15) is 0 Å². The van der Waals surface area contributed by atoms with Crippen molar-refractivity contribution in [3.63, 3.8) is 0 Å². The third-order valence-corrected chi connectivity index (χ3v) is 0.952. The number of rotatable bonds is 3. The van der Waals surface area contributed by atoms with Gasteiger partial charge >= 0.3 is 0 Å². The first kappa shape index (κ1) is 7.72. The summed E-state index contributed by atoms with van der Waals surface area (Å²) in [5.41, 5.74) is 1.39. The van der Waals surface area contributed by atoms with Crippen LogP contribution in [-0.2, 0) is 0 Å².